The molecule has 0 aliphatic heterocycles. The Bertz CT molecular complexity index is 1380. The van der Waals surface area contributed by atoms with Gasteiger partial charge in [-0.25, -0.2) is 8.42 Å². The van der Waals surface area contributed by atoms with Crippen molar-refractivity contribution in [1.29, 1.82) is 0 Å². The summed E-state index contributed by atoms with van der Waals surface area (Å²) in [6.45, 7) is 3.94. The van der Waals surface area contributed by atoms with Crippen LogP contribution in [0.3, 0.4) is 0 Å². The lowest BCUT2D eigenvalue weighted by molar-refractivity contribution is 0.473. The van der Waals surface area contributed by atoms with Gasteiger partial charge in [-0.15, -0.1) is 0 Å². The predicted molar refractivity (Wildman–Crippen MR) is 122 cm³/mol. The number of anilines is 1. The molecule has 30 heavy (non-hydrogen) atoms. The molecule has 0 radical (unpaired) electrons. The summed E-state index contributed by atoms with van der Waals surface area (Å²) in [7, 11) is -3.86. The summed E-state index contributed by atoms with van der Waals surface area (Å²) in [6, 6.07) is 16.6. The van der Waals surface area contributed by atoms with Crippen LogP contribution in [0.15, 0.2) is 65.6 Å². The van der Waals surface area contributed by atoms with E-state index in [-0.39, 0.29) is 21.4 Å². The van der Waals surface area contributed by atoms with Gasteiger partial charge in [0.25, 0.3) is 10.0 Å². The average Bonchev–Trinajstić information content (AvgIpc) is 2.95. The van der Waals surface area contributed by atoms with Crippen molar-refractivity contribution in [2.24, 2.45) is 0 Å². The Morgan fingerprint density at radius 2 is 1.63 bits per heavy atom. The fourth-order valence-corrected chi connectivity index (χ4v) is 4.86. The highest BCUT2D eigenvalue weighted by Crippen LogP contribution is 2.38. The summed E-state index contributed by atoms with van der Waals surface area (Å²) in [4.78, 5) is 0.0658. The van der Waals surface area contributed by atoms with Gasteiger partial charge in [-0.05, 0) is 61.9 Å². The largest absolute Gasteiger partial charge is 0.504 e. The highest BCUT2D eigenvalue weighted by Gasteiger charge is 2.20. The smallest absolute Gasteiger partial charge is 0.261 e. The number of aromatic nitrogens is 1. The van der Waals surface area contributed by atoms with Crippen LogP contribution in [0.5, 0.6) is 5.75 Å². The Morgan fingerprint density at radius 1 is 0.967 bits per heavy atom. The van der Waals surface area contributed by atoms with Crippen LogP contribution in [-0.4, -0.2) is 18.1 Å². The van der Waals surface area contributed by atoms with Crippen molar-refractivity contribution in [3.63, 3.8) is 0 Å². The minimum absolute atomic E-state index is 0.0381. The summed E-state index contributed by atoms with van der Waals surface area (Å²) in [5, 5.41) is 12.2. The molecule has 8 heteroatoms. The number of nitrogens with zero attached hydrogens (tertiary/aromatic N) is 1. The Labute approximate surface area is 184 Å². The first-order chi connectivity index (χ1) is 14.2. The van der Waals surface area contributed by atoms with E-state index < -0.39 is 10.0 Å². The van der Waals surface area contributed by atoms with E-state index in [1.807, 2.05) is 42.7 Å². The van der Waals surface area contributed by atoms with Crippen LogP contribution in [0.2, 0.25) is 10.0 Å². The van der Waals surface area contributed by atoms with Crippen LogP contribution in [0.4, 0.5) is 5.69 Å². The van der Waals surface area contributed by atoms with Gasteiger partial charge >= 0.3 is 0 Å². The number of phenolic OH excluding ortho intramolecular Hbond substituents is 1. The summed E-state index contributed by atoms with van der Waals surface area (Å²) in [6.07, 6.45) is 0. The van der Waals surface area contributed by atoms with E-state index in [0.717, 1.165) is 22.2 Å². The average molecular weight is 461 g/mol. The maximum Gasteiger partial charge on any atom is 0.261 e. The number of benzene rings is 3. The van der Waals surface area contributed by atoms with Crippen LogP contribution in [0.1, 0.15) is 11.3 Å². The lowest BCUT2D eigenvalue weighted by Crippen LogP contribution is -2.13. The monoisotopic (exact) mass is 460 g/mol. The molecule has 4 rings (SSSR count). The number of aromatic hydroxyl groups is 1. The number of rotatable bonds is 4. The first-order valence-electron chi connectivity index (χ1n) is 9.07. The lowest BCUT2D eigenvalue weighted by Gasteiger charge is -2.15. The van der Waals surface area contributed by atoms with Gasteiger partial charge in [0, 0.05) is 16.1 Å². The second-order valence-corrected chi connectivity index (χ2v) is 9.47. The molecular weight excluding hydrogens is 443 g/mol. The topological polar surface area (TPSA) is 71.3 Å². The number of nitrogens with one attached hydrogen (secondary N) is 1. The molecule has 0 spiro atoms. The van der Waals surface area contributed by atoms with Crippen molar-refractivity contribution in [2.75, 3.05) is 4.72 Å². The molecule has 0 atom stereocenters. The quantitative estimate of drug-likeness (QED) is 0.363. The van der Waals surface area contributed by atoms with Crippen molar-refractivity contribution >= 4 is 49.8 Å². The van der Waals surface area contributed by atoms with Crippen molar-refractivity contribution in [3.05, 3.63) is 82.0 Å². The van der Waals surface area contributed by atoms with E-state index in [1.165, 1.54) is 30.3 Å². The third-order valence-corrected chi connectivity index (χ3v) is 7.02. The first kappa shape index (κ1) is 20.6. The third-order valence-electron chi connectivity index (χ3n) is 5.09. The molecule has 1 aromatic heterocycles. The van der Waals surface area contributed by atoms with Crippen molar-refractivity contribution in [3.8, 4) is 11.4 Å². The molecule has 4 aromatic rings. The Hall–Kier alpha value is -2.67. The molecule has 0 unspecified atom stereocenters. The molecule has 2 N–H and O–H groups in total. The van der Waals surface area contributed by atoms with Gasteiger partial charge in [0.15, 0.2) is 5.75 Å². The number of hydrogen-bond donors (Lipinski definition) is 2. The zero-order valence-electron chi connectivity index (χ0n) is 16.1. The third kappa shape index (κ3) is 3.51. The van der Waals surface area contributed by atoms with Crippen LogP contribution in [0.25, 0.3) is 16.6 Å². The van der Waals surface area contributed by atoms with Crippen LogP contribution in [0, 0.1) is 13.8 Å². The molecule has 0 aliphatic rings. The summed E-state index contributed by atoms with van der Waals surface area (Å²) in [5.74, 6) is -0.130. The fraction of sp³-hybridized carbons (Fsp3) is 0.0909. The standard InChI is InChI=1S/C22H18Cl2N2O3S/c1-13-14(2)26(20-6-4-3-5-18(13)20)21-12-16(11-19(24)22(21)27)25-30(28,29)17-9-7-15(23)8-10-17/h3-12,25,27H,1-2H3. The molecule has 154 valence electrons. The zero-order valence-corrected chi connectivity index (χ0v) is 18.5. The van der Waals surface area contributed by atoms with Gasteiger partial charge in [0.05, 0.1) is 26.8 Å². The molecular formula is C22H18Cl2N2O3S. The maximum absolute atomic E-state index is 12.8. The maximum atomic E-state index is 12.8. The molecule has 1 heterocycles. The van der Waals surface area contributed by atoms with E-state index in [1.54, 1.807) is 6.07 Å². The number of sulfonamides is 1. The van der Waals surface area contributed by atoms with Crippen molar-refractivity contribution in [2.45, 2.75) is 18.7 Å². The predicted octanol–water partition coefficient (Wildman–Crippen LogP) is 6.06. The molecule has 0 aliphatic carbocycles. The molecule has 0 saturated carbocycles. The first-order valence-corrected chi connectivity index (χ1v) is 11.3. The summed E-state index contributed by atoms with van der Waals surface area (Å²) >= 11 is 12.1. The van der Waals surface area contributed by atoms with Gasteiger partial charge in [-0.3, -0.25) is 4.72 Å². The number of fused-ring (bicyclic) bond motifs is 1. The SMILES string of the molecule is Cc1c(C)n(-c2cc(NS(=O)(=O)c3ccc(Cl)cc3)cc(Cl)c2O)c2ccccc12. The van der Waals surface area contributed by atoms with Gasteiger partial charge in [0.1, 0.15) is 0 Å². The Balaban J connectivity index is 1.85. The minimum atomic E-state index is -3.86. The highest BCUT2D eigenvalue weighted by molar-refractivity contribution is 7.92. The van der Waals surface area contributed by atoms with Gasteiger partial charge < -0.3 is 9.67 Å². The van der Waals surface area contributed by atoms with E-state index in [2.05, 4.69) is 4.72 Å². The van der Waals surface area contributed by atoms with Crippen LogP contribution in [-0.2, 0) is 10.0 Å². The molecule has 3 aromatic carbocycles. The zero-order chi connectivity index (χ0) is 21.6. The van der Waals surface area contributed by atoms with E-state index in [4.69, 9.17) is 23.2 Å². The Morgan fingerprint density at radius 3 is 2.33 bits per heavy atom. The summed E-state index contributed by atoms with van der Waals surface area (Å²) in [5.41, 5.74) is 3.49. The highest BCUT2D eigenvalue weighted by atomic mass is 35.5. The van der Waals surface area contributed by atoms with E-state index in [9.17, 15) is 13.5 Å². The van der Waals surface area contributed by atoms with Crippen LogP contribution >= 0.6 is 23.2 Å². The normalized spacial score (nSPS) is 11.7. The van der Waals surface area contributed by atoms with Gasteiger partial charge in [-0.1, -0.05) is 41.4 Å². The van der Waals surface area contributed by atoms with Gasteiger partial charge in [-0.2, -0.15) is 0 Å². The van der Waals surface area contributed by atoms with E-state index in [0.29, 0.717) is 10.7 Å². The number of aryl methyl sites for hydroxylation is 1. The molecule has 0 amide bonds. The number of hydrogen-bond acceptors (Lipinski definition) is 3. The Kier molecular flexibility index (Phi) is 5.18. The van der Waals surface area contributed by atoms with Crippen LogP contribution < -0.4 is 4.72 Å². The summed E-state index contributed by atoms with van der Waals surface area (Å²) < 4.78 is 29.9. The second-order valence-electron chi connectivity index (χ2n) is 6.95. The second kappa shape index (κ2) is 7.54. The van der Waals surface area contributed by atoms with E-state index >= 15 is 0 Å². The molecule has 0 saturated heterocycles. The van der Waals surface area contributed by atoms with Crippen molar-refractivity contribution in [1.82, 2.24) is 4.57 Å². The molecule has 0 bridgehead atoms. The number of phenols is 1. The number of para-hydroxylation sites is 1. The minimum Gasteiger partial charge on any atom is -0.504 e. The number of halogens is 2. The lowest BCUT2D eigenvalue weighted by atomic mass is 10.2. The fourth-order valence-electron chi connectivity index (χ4n) is 3.48. The molecule has 5 nitrogen and oxygen atoms in total. The molecule has 0 fully saturated rings. The van der Waals surface area contributed by atoms with Gasteiger partial charge in [0.2, 0.25) is 0 Å². The van der Waals surface area contributed by atoms with Crippen molar-refractivity contribution < 1.29 is 13.5 Å².